The minimum atomic E-state index is 0.137. The molecule has 0 spiro atoms. The Morgan fingerprint density at radius 2 is 1.82 bits per heavy atom. The molecule has 3 saturated heterocycles. The molecule has 4 heteroatoms. The second kappa shape index (κ2) is 7.81. The number of piperidine rings is 1. The molecule has 0 aromatic heterocycles. The van der Waals surface area contributed by atoms with E-state index in [-0.39, 0.29) is 6.04 Å². The van der Waals surface area contributed by atoms with Gasteiger partial charge in [-0.2, -0.15) is 0 Å². The maximum absolute atomic E-state index is 13.1. The predicted octanol–water partition coefficient (Wildman–Crippen LogP) is 4.29. The van der Waals surface area contributed by atoms with Crippen molar-refractivity contribution in [3.05, 3.63) is 58.5 Å². The topological polar surface area (TPSA) is 23.6 Å². The first-order chi connectivity index (χ1) is 13.7. The van der Waals surface area contributed by atoms with Gasteiger partial charge >= 0.3 is 0 Å². The van der Waals surface area contributed by atoms with Crippen LogP contribution in [0.25, 0.3) is 0 Å². The maximum atomic E-state index is 13.1. The molecule has 3 fully saturated rings. The van der Waals surface area contributed by atoms with Crippen LogP contribution in [0.15, 0.2) is 53.0 Å². The molecule has 3 heterocycles. The number of likely N-dealkylation sites (tertiary alicyclic amines) is 1. The lowest BCUT2D eigenvalue weighted by atomic mass is 9.76. The monoisotopic (exact) mass is 394 g/mol. The highest BCUT2D eigenvalue weighted by atomic mass is 32.2. The van der Waals surface area contributed by atoms with E-state index in [9.17, 15) is 4.79 Å². The summed E-state index contributed by atoms with van der Waals surface area (Å²) >= 11 is 1.60. The highest BCUT2D eigenvalue weighted by molar-refractivity contribution is 8.17. The van der Waals surface area contributed by atoms with Crippen LogP contribution in [0.2, 0.25) is 0 Å². The van der Waals surface area contributed by atoms with Gasteiger partial charge in [0.1, 0.15) is 0 Å². The van der Waals surface area contributed by atoms with Crippen LogP contribution in [-0.4, -0.2) is 54.2 Å². The molecule has 28 heavy (non-hydrogen) atoms. The van der Waals surface area contributed by atoms with Gasteiger partial charge in [-0.3, -0.25) is 9.69 Å². The van der Waals surface area contributed by atoms with Crippen LogP contribution in [0.1, 0.15) is 37.2 Å². The Balaban J connectivity index is 1.54. The number of benzene rings is 1. The largest absolute Gasteiger partial charge is 0.306 e. The Labute approximate surface area is 172 Å². The van der Waals surface area contributed by atoms with Gasteiger partial charge < -0.3 is 4.90 Å². The van der Waals surface area contributed by atoms with Crippen LogP contribution in [0.4, 0.5) is 0 Å². The molecule has 5 rings (SSSR count). The van der Waals surface area contributed by atoms with Crippen LogP contribution in [-0.2, 0) is 4.79 Å². The molecular weight excluding hydrogens is 364 g/mol. The normalized spacial score (nSPS) is 32.3. The van der Waals surface area contributed by atoms with E-state index in [0.29, 0.717) is 22.9 Å². The fourth-order valence-electron chi connectivity index (χ4n) is 5.55. The molecule has 1 aliphatic carbocycles. The van der Waals surface area contributed by atoms with Crippen molar-refractivity contribution >= 4 is 16.9 Å². The van der Waals surface area contributed by atoms with E-state index in [0.717, 1.165) is 39.0 Å². The van der Waals surface area contributed by atoms with Crippen LogP contribution < -0.4 is 0 Å². The summed E-state index contributed by atoms with van der Waals surface area (Å²) in [5.41, 5.74) is 2.86. The van der Waals surface area contributed by atoms with Gasteiger partial charge in [0.2, 0.25) is 5.12 Å². The molecule has 3 unspecified atom stereocenters. The van der Waals surface area contributed by atoms with Crippen molar-refractivity contribution in [2.45, 2.75) is 37.6 Å². The van der Waals surface area contributed by atoms with Gasteiger partial charge in [-0.15, -0.1) is 0 Å². The summed E-state index contributed by atoms with van der Waals surface area (Å²) in [6.45, 7) is 4.43. The molecule has 1 aromatic carbocycles. The van der Waals surface area contributed by atoms with Gasteiger partial charge in [0.15, 0.2) is 0 Å². The Kier molecular flexibility index (Phi) is 5.20. The summed E-state index contributed by atoms with van der Waals surface area (Å²) in [5.74, 6) is 1.40. The second-order valence-corrected chi connectivity index (χ2v) is 9.92. The number of fused-ring (bicyclic) bond motifs is 2. The first-order valence-corrected chi connectivity index (χ1v) is 11.6. The molecule has 4 aliphatic rings. The molecule has 3 aliphatic heterocycles. The minimum Gasteiger partial charge on any atom is -0.306 e. The first kappa shape index (κ1) is 18.7. The zero-order valence-electron chi connectivity index (χ0n) is 16.7. The number of rotatable bonds is 2. The zero-order chi connectivity index (χ0) is 19.1. The summed E-state index contributed by atoms with van der Waals surface area (Å²) in [6, 6.07) is 11.0. The van der Waals surface area contributed by atoms with Crippen LogP contribution in [0.5, 0.6) is 0 Å². The van der Waals surface area contributed by atoms with E-state index in [1.807, 2.05) is 0 Å². The number of thioether (sulfide) groups is 1. The third kappa shape index (κ3) is 3.40. The lowest BCUT2D eigenvalue weighted by Gasteiger charge is -2.37. The van der Waals surface area contributed by atoms with Crippen LogP contribution in [0, 0.1) is 11.8 Å². The van der Waals surface area contributed by atoms with E-state index < -0.39 is 0 Å². The highest BCUT2D eigenvalue weighted by Crippen LogP contribution is 2.49. The quantitative estimate of drug-likeness (QED) is 0.747. The minimum absolute atomic E-state index is 0.137. The number of nitrogens with zero attached hydrogens (tertiary/aromatic N) is 2. The molecule has 0 bridgehead atoms. The van der Waals surface area contributed by atoms with E-state index in [1.165, 1.54) is 28.9 Å². The van der Waals surface area contributed by atoms with Gasteiger partial charge in [-0.25, -0.2) is 0 Å². The summed E-state index contributed by atoms with van der Waals surface area (Å²) in [5, 5.41) is 0.391. The molecule has 0 amide bonds. The van der Waals surface area contributed by atoms with Crippen LogP contribution >= 0.6 is 11.8 Å². The number of allylic oxidation sites excluding steroid dienone is 3. The van der Waals surface area contributed by atoms with E-state index in [2.05, 4.69) is 59.3 Å². The van der Waals surface area contributed by atoms with E-state index >= 15 is 0 Å². The van der Waals surface area contributed by atoms with Crippen molar-refractivity contribution in [2.75, 3.05) is 33.2 Å². The Hall–Kier alpha value is -1.36. The smallest absolute Gasteiger partial charge is 0.210 e. The molecule has 1 aromatic rings. The summed E-state index contributed by atoms with van der Waals surface area (Å²) in [4.78, 5) is 19.4. The highest BCUT2D eigenvalue weighted by Gasteiger charge is 2.42. The zero-order valence-corrected chi connectivity index (χ0v) is 17.5. The van der Waals surface area contributed by atoms with Gasteiger partial charge in [0, 0.05) is 23.3 Å². The fourth-order valence-corrected chi connectivity index (χ4v) is 6.89. The lowest BCUT2D eigenvalue weighted by molar-refractivity contribution is -0.114. The molecule has 0 saturated carbocycles. The van der Waals surface area contributed by atoms with Crippen molar-refractivity contribution in [1.29, 1.82) is 0 Å². The average molecular weight is 395 g/mol. The number of carbonyl (C=O) groups is 1. The molecular formula is C24H30N2OS. The predicted molar refractivity (Wildman–Crippen MR) is 116 cm³/mol. The Morgan fingerprint density at radius 1 is 1.04 bits per heavy atom. The number of hydrogen-bond donors (Lipinski definition) is 0. The average Bonchev–Trinajstić information content (AvgIpc) is 3.14. The van der Waals surface area contributed by atoms with Gasteiger partial charge in [-0.1, -0.05) is 54.2 Å². The molecule has 0 N–H and O–H groups in total. The molecule has 3 atom stereocenters. The van der Waals surface area contributed by atoms with Crippen molar-refractivity contribution in [1.82, 2.24) is 9.80 Å². The van der Waals surface area contributed by atoms with Gasteiger partial charge in [0.25, 0.3) is 0 Å². The number of carbonyl (C=O) groups excluding carboxylic acids is 1. The number of hydrogen-bond acceptors (Lipinski definition) is 4. The maximum Gasteiger partial charge on any atom is 0.210 e. The van der Waals surface area contributed by atoms with Gasteiger partial charge in [-0.05, 0) is 69.4 Å². The van der Waals surface area contributed by atoms with Crippen LogP contribution in [0.3, 0.4) is 0 Å². The fraction of sp³-hybridized carbons (Fsp3) is 0.542. The third-order valence-corrected chi connectivity index (χ3v) is 8.39. The standard InChI is InChI=1S/C24H30N2OS/c1-25-14-11-18(12-15-25)20-10-9-19(17-6-3-2-4-7-17)21-16-26-13-5-8-22(26)24(27)28-23(20)21/h2-4,6-7,9-10,18-19,21-22H,5,8,11-16H2,1H3. The van der Waals surface area contributed by atoms with Gasteiger partial charge in [0.05, 0.1) is 6.04 Å². The second-order valence-electron chi connectivity index (χ2n) is 8.87. The molecule has 0 radical (unpaired) electrons. The van der Waals surface area contributed by atoms with E-state index in [1.54, 1.807) is 11.8 Å². The van der Waals surface area contributed by atoms with Crippen molar-refractivity contribution in [3.63, 3.8) is 0 Å². The third-order valence-electron chi connectivity index (χ3n) is 7.16. The summed E-state index contributed by atoms with van der Waals surface area (Å²) in [7, 11) is 2.22. The van der Waals surface area contributed by atoms with Crippen molar-refractivity contribution in [3.8, 4) is 0 Å². The SMILES string of the molecule is CN1CCC(C2=C3SC(=O)C4CCCN4CC3C(c3ccccc3)C=C2)CC1. The van der Waals surface area contributed by atoms with Crippen molar-refractivity contribution < 1.29 is 4.79 Å². The lowest BCUT2D eigenvalue weighted by Crippen LogP contribution is -2.37. The summed E-state index contributed by atoms with van der Waals surface area (Å²) in [6.07, 6.45) is 9.46. The molecule has 148 valence electrons. The molecule has 3 nitrogen and oxygen atoms in total. The Bertz CT molecular complexity index is 794. The first-order valence-electron chi connectivity index (χ1n) is 10.8. The Morgan fingerprint density at radius 3 is 2.61 bits per heavy atom. The van der Waals surface area contributed by atoms with Crippen molar-refractivity contribution in [2.24, 2.45) is 11.8 Å². The van der Waals surface area contributed by atoms with E-state index in [4.69, 9.17) is 0 Å². The summed E-state index contributed by atoms with van der Waals surface area (Å²) < 4.78 is 0.